The lowest BCUT2D eigenvalue weighted by atomic mass is 10.1. The van der Waals surface area contributed by atoms with Crippen molar-refractivity contribution in [1.29, 1.82) is 0 Å². The molecule has 33 heavy (non-hydrogen) atoms. The molecule has 2 aromatic heterocycles. The van der Waals surface area contributed by atoms with Crippen LogP contribution in [0.2, 0.25) is 5.02 Å². The third kappa shape index (κ3) is 4.14. The predicted octanol–water partition coefficient (Wildman–Crippen LogP) is 4.29. The van der Waals surface area contributed by atoms with E-state index in [-0.39, 0.29) is 0 Å². The van der Waals surface area contributed by atoms with E-state index in [4.69, 9.17) is 16.1 Å². The quantitative estimate of drug-likeness (QED) is 0.494. The Labute approximate surface area is 195 Å². The van der Waals surface area contributed by atoms with Crippen molar-refractivity contribution in [2.75, 3.05) is 15.6 Å². The maximum atomic E-state index is 10.8. The van der Waals surface area contributed by atoms with E-state index in [0.29, 0.717) is 40.2 Å². The number of hydrogen-bond acceptors (Lipinski definition) is 9. The van der Waals surface area contributed by atoms with Crippen LogP contribution in [0.3, 0.4) is 0 Å². The molecule has 3 aliphatic rings. The first-order chi connectivity index (χ1) is 16.1. The highest BCUT2D eigenvalue weighted by molar-refractivity contribution is 6.31. The number of pyridine rings is 1. The molecule has 6 rings (SSSR count). The molecule has 170 valence electrons. The van der Waals surface area contributed by atoms with Gasteiger partial charge >= 0.3 is 0 Å². The summed E-state index contributed by atoms with van der Waals surface area (Å²) in [6.45, 7) is 0. The molecule has 3 N–H and O–H groups in total. The lowest BCUT2D eigenvalue weighted by Gasteiger charge is -2.30. The predicted molar refractivity (Wildman–Crippen MR) is 126 cm³/mol. The van der Waals surface area contributed by atoms with Gasteiger partial charge in [-0.1, -0.05) is 23.7 Å². The summed E-state index contributed by atoms with van der Waals surface area (Å²) in [5.74, 6) is 2.59. The Balaban J connectivity index is 1.07. The van der Waals surface area contributed by atoms with Crippen molar-refractivity contribution in [3.63, 3.8) is 0 Å². The van der Waals surface area contributed by atoms with Crippen LogP contribution in [0, 0.1) is 0 Å². The average Bonchev–Trinajstić information content (AvgIpc) is 3.41. The zero-order valence-electron chi connectivity index (χ0n) is 17.9. The SMILES string of the molecule is OC1c2c(Cl)cccc2C=NN1c1ccc(N[C@H]2CC[C@H](Nc3noc(C4CC4)n3)C2)nc1. The summed E-state index contributed by atoms with van der Waals surface area (Å²) in [7, 11) is 0. The van der Waals surface area contributed by atoms with Gasteiger partial charge in [-0.25, -0.2) is 9.99 Å². The van der Waals surface area contributed by atoms with Gasteiger partial charge in [-0.2, -0.15) is 10.1 Å². The van der Waals surface area contributed by atoms with Crippen LogP contribution in [-0.2, 0) is 0 Å². The summed E-state index contributed by atoms with van der Waals surface area (Å²) in [5, 5.41) is 28.1. The van der Waals surface area contributed by atoms with Crippen molar-refractivity contribution in [3.05, 3.63) is 58.6 Å². The number of aliphatic hydroxyl groups excluding tert-OH is 1. The molecule has 10 heteroatoms. The molecule has 0 radical (unpaired) electrons. The van der Waals surface area contributed by atoms with Gasteiger partial charge in [0.25, 0.3) is 5.95 Å². The van der Waals surface area contributed by atoms with Crippen LogP contribution < -0.4 is 15.6 Å². The van der Waals surface area contributed by atoms with Crippen LogP contribution in [0.1, 0.15) is 61.3 Å². The minimum atomic E-state index is -0.966. The maximum Gasteiger partial charge on any atom is 0.263 e. The Morgan fingerprint density at radius 1 is 1.06 bits per heavy atom. The molecule has 3 aromatic rings. The van der Waals surface area contributed by atoms with Gasteiger partial charge < -0.3 is 20.3 Å². The van der Waals surface area contributed by atoms with Gasteiger partial charge in [-0.3, -0.25) is 0 Å². The number of aromatic nitrogens is 3. The van der Waals surface area contributed by atoms with E-state index in [1.165, 1.54) is 5.01 Å². The van der Waals surface area contributed by atoms with Crippen molar-refractivity contribution >= 4 is 35.3 Å². The molecule has 1 unspecified atom stereocenters. The molecule has 1 aliphatic heterocycles. The van der Waals surface area contributed by atoms with Crippen LogP contribution in [0.4, 0.5) is 17.5 Å². The van der Waals surface area contributed by atoms with Crippen LogP contribution in [0.15, 0.2) is 46.2 Å². The second kappa shape index (κ2) is 8.31. The van der Waals surface area contributed by atoms with Crippen LogP contribution in [-0.4, -0.2) is 38.5 Å². The number of nitrogens with zero attached hydrogens (tertiary/aromatic N) is 5. The Kier molecular flexibility index (Phi) is 5.15. The van der Waals surface area contributed by atoms with Gasteiger partial charge in [0.05, 0.1) is 18.1 Å². The summed E-state index contributed by atoms with van der Waals surface area (Å²) in [6, 6.07) is 9.89. The van der Waals surface area contributed by atoms with Gasteiger partial charge in [-0.15, -0.1) is 0 Å². The topological polar surface area (TPSA) is 112 Å². The fourth-order valence-corrected chi connectivity index (χ4v) is 4.77. The number of rotatable bonds is 6. The van der Waals surface area contributed by atoms with E-state index in [2.05, 4.69) is 30.9 Å². The van der Waals surface area contributed by atoms with Gasteiger partial charge in [0, 0.05) is 34.2 Å². The number of hydrazone groups is 1. The Morgan fingerprint density at radius 2 is 1.91 bits per heavy atom. The van der Waals surface area contributed by atoms with Gasteiger partial charge in [0.2, 0.25) is 5.89 Å². The lowest BCUT2D eigenvalue weighted by molar-refractivity contribution is 0.171. The highest BCUT2D eigenvalue weighted by atomic mass is 35.5. The van der Waals surface area contributed by atoms with E-state index in [9.17, 15) is 5.11 Å². The third-order valence-electron chi connectivity index (χ3n) is 6.40. The molecule has 9 nitrogen and oxygen atoms in total. The number of halogens is 1. The first kappa shape index (κ1) is 20.4. The summed E-state index contributed by atoms with van der Waals surface area (Å²) in [4.78, 5) is 9.00. The highest BCUT2D eigenvalue weighted by Gasteiger charge is 2.31. The normalized spacial score (nSPS) is 24.1. The van der Waals surface area contributed by atoms with E-state index in [0.717, 1.165) is 49.4 Å². The largest absolute Gasteiger partial charge is 0.368 e. The molecule has 3 atom stereocenters. The number of benzene rings is 1. The summed E-state index contributed by atoms with van der Waals surface area (Å²) >= 11 is 6.30. The standard InChI is InChI=1S/C23H24ClN7O2/c24-18-3-1-2-14-11-26-31(22(32)20(14)18)17-8-9-19(25-12-17)27-15-6-7-16(10-15)28-23-29-21(33-30-23)13-4-5-13/h1-3,8-9,11-13,15-16,22,32H,4-7,10H2,(H,25,27)(H,28,30)/t15-,16-,22?/m0/s1. The number of nitrogens with one attached hydrogen (secondary N) is 2. The van der Waals surface area contributed by atoms with Crippen molar-refractivity contribution in [1.82, 2.24) is 15.1 Å². The second-order valence-electron chi connectivity index (χ2n) is 8.83. The first-order valence-electron chi connectivity index (χ1n) is 11.3. The van der Waals surface area contributed by atoms with Crippen molar-refractivity contribution in [2.45, 2.75) is 56.3 Å². The molecule has 0 amide bonds. The first-order valence-corrected chi connectivity index (χ1v) is 11.6. The fourth-order valence-electron chi connectivity index (χ4n) is 4.49. The van der Waals surface area contributed by atoms with Crippen molar-refractivity contribution in [2.24, 2.45) is 5.10 Å². The Morgan fingerprint density at radius 3 is 2.70 bits per heavy atom. The lowest BCUT2D eigenvalue weighted by Crippen LogP contribution is -2.28. The number of aliphatic hydroxyl groups is 1. The summed E-state index contributed by atoms with van der Waals surface area (Å²) in [6.07, 6.45) is 7.72. The third-order valence-corrected chi connectivity index (χ3v) is 6.73. The number of fused-ring (bicyclic) bond motifs is 1. The molecular formula is C23H24ClN7O2. The van der Waals surface area contributed by atoms with E-state index in [1.54, 1.807) is 18.5 Å². The maximum absolute atomic E-state index is 10.8. The average molecular weight is 466 g/mol. The molecule has 1 aromatic carbocycles. The van der Waals surface area contributed by atoms with E-state index >= 15 is 0 Å². The van der Waals surface area contributed by atoms with Crippen LogP contribution in [0.5, 0.6) is 0 Å². The fraction of sp³-hybridized carbons (Fsp3) is 0.391. The summed E-state index contributed by atoms with van der Waals surface area (Å²) in [5.41, 5.74) is 2.14. The molecule has 0 saturated heterocycles. The van der Waals surface area contributed by atoms with E-state index in [1.807, 2.05) is 24.3 Å². The zero-order valence-corrected chi connectivity index (χ0v) is 18.6. The van der Waals surface area contributed by atoms with Crippen LogP contribution in [0.25, 0.3) is 0 Å². The molecular weight excluding hydrogens is 442 g/mol. The molecule has 2 aliphatic carbocycles. The van der Waals surface area contributed by atoms with Gasteiger partial charge in [0.1, 0.15) is 5.82 Å². The molecule has 2 saturated carbocycles. The molecule has 0 spiro atoms. The minimum Gasteiger partial charge on any atom is -0.368 e. The monoisotopic (exact) mass is 465 g/mol. The Bertz CT molecular complexity index is 1180. The number of anilines is 3. The molecule has 2 fully saturated rings. The summed E-state index contributed by atoms with van der Waals surface area (Å²) < 4.78 is 5.33. The number of hydrogen-bond donors (Lipinski definition) is 3. The Hall–Kier alpha value is -3.17. The van der Waals surface area contributed by atoms with Crippen molar-refractivity contribution in [3.8, 4) is 0 Å². The van der Waals surface area contributed by atoms with E-state index < -0.39 is 6.23 Å². The molecule has 0 bridgehead atoms. The minimum absolute atomic E-state index is 0.300. The smallest absolute Gasteiger partial charge is 0.263 e. The second-order valence-corrected chi connectivity index (χ2v) is 9.24. The van der Waals surface area contributed by atoms with Crippen LogP contribution >= 0.6 is 11.6 Å². The molecule has 3 heterocycles. The highest BCUT2D eigenvalue weighted by Crippen LogP contribution is 2.39. The van der Waals surface area contributed by atoms with Crippen molar-refractivity contribution < 1.29 is 9.63 Å². The zero-order chi connectivity index (χ0) is 22.4. The van der Waals surface area contributed by atoms with Gasteiger partial charge in [-0.05, 0) is 55.5 Å². The van der Waals surface area contributed by atoms with Gasteiger partial charge in [0.15, 0.2) is 6.23 Å².